The molecule has 0 heterocycles. The summed E-state index contributed by atoms with van der Waals surface area (Å²) in [6, 6.07) is 8.73. The van der Waals surface area contributed by atoms with Crippen molar-refractivity contribution in [3.63, 3.8) is 0 Å². The quantitative estimate of drug-likeness (QED) is 0.495. The van der Waals surface area contributed by atoms with Crippen LogP contribution >= 0.6 is 0 Å². The van der Waals surface area contributed by atoms with Crippen molar-refractivity contribution in [1.29, 1.82) is 0 Å². The molecule has 0 bridgehead atoms. The molecule has 120 valence electrons. The van der Waals surface area contributed by atoms with Crippen LogP contribution in [-0.2, 0) is 6.42 Å². The van der Waals surface area contributed by atoms with Gasteiger partial charge in [-0.1, -0.05) is 82.6 Å². The molecule has 0 aliphatic carbocycles. The van der Waals surface area contributed by atoms with Gasteiger partial charge in [-0.2, -0.15) is 0 Å². The Hall–Kier alpha value is -0.820. The van der Waals surface area contributed by atoms with Gasteiger partial charge in [0.2, 0.25) is 0 Å². The van der Waals surface area contributed by atoms with E-state index in [1.54, 1.807) is 0 Å². The molecule has 1 heteroatoms. The zero-order valence-electron chi connectivity index (χ0n) is 14.2. The Bertz CT molecular complexity index is 359. The first-order valence-electron chi connectivity index (χ1n) is 9.02. The third-order valence-electron chi connectivity index (χ3n) is 4.57. The summed E-state index contributed by atoms with van der Waals surface area (Å²) in [5.41, 5.74) is 8.85. The van der Waals surface area contributed by atoms with Crippen LogP contribution in [0.4, 0.5) is 0 Å². The maximum atomic E-state index is 5.97. The second kappa shape index (κ2) is 11.8. The highest BCUT2D eigenvalue weighted by molar-refractivity contribution is 5.25. The molecule has 0 saturated heterocycles. The molecule has 0 aliphatic rings. The minimum atomic E-state index is 0.659. The molecule has 0 radical (unpaired) electrons. The van der Waals surface area contributed by atoms with Gasteiger partial charge in [-0.3, -0.25) is 0 Å². The molecule has 0 fully saturated rings. The van der Waals surface area contributed by atoms with Crippen LogP contribution in [0.2, 0.25) is 0 Å². The molecular formula is C20H35N. The average molecular weight is 290 g/mol. The fourth-order valence-corrected chi connectivity index (χ4v) is 3.02. The third-order valence-corrected chi connectivity index (χ3v) is 4.57. The standard InChI is InChI=1S/C20H35N/c1-3-4-5-6-7-8-9-10-14-19(17-21)16-20-15-12-11-13-18(20)2/h11-13,15,19H,3-10,14,16-17,21H2,1-2H3. The van der Waals surface area contributed by atoms with Crippen LogP contribution in [0.3, 0.4) is 0 Å². The van der Waals surface area contributed by atoms with E-state index in [1.807, 2.05) is 0 Å². The lowest BCUT2D eigenvalue weighted by molar-refractivity contribution is 0.454. The Morgan fingerprint density at radius 2 is 1.52 bits per heavy atom. The van der Waals surface area contributed by atoms with Crippen molar-refractivity contribution in [3.8, 4) is 0 Å². The highest BCUT2D eigenvalue weighted by atomic mass is 14.5. The summed E-state index contributed by atoms with van der Waals surface area (Å²) in [4.78, 5) is 0. The summed E-state index contributed by atoms with van der Waals surface area (Å²) in [5.74, 6) is 0.659. The van der Waals surface area contributed by atoms with Crippen molar-refractivity contribution < 1.29 is 0 Å². The summed E-state index contributed by atoms with van der Waals surface area (Å²) in [7, 11) is 0. The second-order valence-corrected chi connectivity index (χ2v) is 6.50. The van der Waals surface area contributed by atoms with Crippen LogP contribution in [0.25, 0.3) is 0 Å². The van der Waals surface area contributed by atoms with E-state index < -0.39 is 0 Å². The molecular weight excluding hydrogens is 254 g/mol. The highest BCUT2D eigenvalue weighted by Crippen LogP contribution is 2.18. The molecule has 1 unspecified atom stereocenters. The lowest BCUT2D eigenvalue weighted by atomic mass is 9.91. The van der Waals surface area contributed by atoms with E-state index in [9.17, 15) is 0 Å². The predicted octanol–water partition coefficient (Wildman–Crippen LogP) is 5.64. The Balaban J connectivity index is 2.13. The van der Waals surface area contributed by atoms with E-state index in [-0.39, 0.29) is 0 Å². The van der Waals surface area contributed by atoms with E-state index in [0.717, 1.165) is 13.0 Å². The summed E-state index contributed by atoms with van der Waals surface area (Å²) < 4.78 is 0. The molecule has 1 rings (SSSR count). The van der Waals surface area contributed by atoms with Crippen molar-refractivity contribution >= 4 is 0 Å². The fourth-order valence-electron chi connectivity index (χ4n) is 3.02. The maximum Gasteiger partial charge on any atom is -0.00457 e. The molecule has 0 spiro atoms. The fraction of sp³-hybridized carbons (Fsp3) is 0.700. The van der Waals surface area contributed by atoms with Crippen LogP contribution in [0, 0.1) is 12.8 Å². The van der Waals surface area contributed by atoms with Gasteiger partial charge in [-0.25, -0.2) is 0 Å². The van der Waals surface area contributed by atoms with Gasteiger partial charge in [0.25, 0.3) is 0 Å². The first-order valence-corrected chi connectivity index (χ1v) is 9.02. The highest BCUT2D eigenvalue weighted by Gasteiger charge is 2.09. The minimum absolute atomic E-state index is 0.659. The van der Waals surface area contributed by atoms with E-state index in [2.05, 4.69) is 38.1 Å². The lowest BCUT2D eigenvalue weighted by Crippen LogP contribution is -2.17. The SMILES string of the molecule is CCCCCCCCCCC(CN)Cc1ccccc1C. The minimum Gasteiger partial charge on any atom is -0.330 e. The van der Waals surface area contributed by atoms with Crippen molar-refractivity contribution in [2.45, 2.75) is 78.1 Å². The summed E-state index contributed by atoms with van der Waals surface area (Å²) in [6.45, 7) is 5.31. The number of rotatable bonds is 12. The smallest absolute Gasteiger partial charge is 0.00457 e. The number of hydrogen-bond donors (Lipinski definition) is 1. The molecule has 21 heavy (non-hydrogen) atoms. The zero-order chi connectivity index (χ0) is 15.3. The maximum absolute atomic E-state index is 5.97. The summed E-state index contributed by atoms with van der Waals surface area (Å²) >= 11 is 0. The topological polar surface area (TPSA) is 26.0 Å². The Morgan fingerprint density at radius 3 is 2.14 bits per heavy atom. The molecule has 1 aromatic rings. The summed E-state index contributed by atoms with van der Waals surface area (Å²) in [6.07, 6.45) is 13.6. The van der Waals surface area contributed by atoms with Crippen LogP contribution in [0.5, 0.6) is 0 Å². The molecule has 0 aliphatic heterocycles. The van der Waals surface area contributed by atoms with Crippen molar-refractivity contribution in [2.24, 2.45) is 11.7 Å². The summed E-state index contributed by atoms with van der Waals surface area (Å²) in [5, 5.41) is 0. The lowest BCUT2D eigenvalue weighted by Gasteiger charge is -2.16. The zero-order valence-corrected chi connectivity index (χ0v) is 14.2. The van der Waals surface area contributed by atoms with Crippen LogP contribution < -0.4 is 5.73 Å². The third kappa shape index (κ3) is 8.26. The van der Waals surface area contributed by atoms with Gasteiger partial charge in [0, 0.05) is 0 Å². The average Bonchev–Trinajstić information content (AvgIpc) is 2.50. The number of aryl methyl sites for hydroxylation is 1. The first-order chi connectivity index (χ1) is 10.3. The van der Waals surface area contributed by atoms with Crippen molar-refractivity contribution in [2.75, 3.05) is 6.54 Å². The molecule has 0 amide bonds. The number of benzene rings is 1. The first kappa shape index (κ1) is 18.2. The van der Waals surface area contributed by atoms with E-state index in [1.165, 1.54) is 68.9 Å². The van der Waals surface area contributed by atoms with E-state index in [0.29, 0.717) is 5.92 Å². The van der Waals surface area contributed by atoms with Gasteiger partial charge in [-0.05, 0) is 43.4 Å². The van der Waals surface area contributed by atoms with Crippen molar-refractivity contribution in [1.82, 2.24) is 0 Å². The predicted molar refractivity (Wildman–Crippen MR) is 94.7 cm³/mol. The molecule has 1 nitrogen and oxygen atoms in total. The van der Waals surface area contributed by atoms with Gasteiger partial charge in [0.1, 0.15) is 0 Å². The van der Waals surface area contributed by atoms with Crippen LogP contribution in [0.1, 0.15) is 75.8 Å². The van der Waals surface area contributed by atoms with Gasteiger partial charge in [0.05, 0.1) is 0 Å². The largest absolute Gasteiger partial charge is 0.330 e. The molecule has 2 N–H and O–H groups in total. The Labute approximate surface area is 132 Å². The number of hydrogen-bond acceptors (Lipinski definition) is 1. The molecule has 0 saturated carbocycles. The van der Waals surface area contributed by atoms with Gasteiger partial charge in [-0.15, -0.1) is 0 Å². The van der Waals surface area contributed by atoms with Gasteiger partial charge < -0.3 is 5.73 Å². The second-order valence-electron chi connectivity index (χ2n) is 6.50. The Kier molecular flexibility index (Phi) is 10.2. The van der Waals surface area contributed by atoms with E-state index in [4.69, 9.17) is 5.73 Å². The van der Waals surface area contributed by atoms with Crippen LogP contribution in [-0.4, -0.2) is 6.54 Å². The van der Waals surface area contributed by atoms with Crippen molar-refractivity contribution in [3.05, 3.63) is 35.4 Å². The molecule has 1 aromatic carbocycles. The molecule has 1 atom stereocenters. The van der Waals surface area contributed by atoms with Gasteiger partial charge >= 0.3 is 0 Å². The monoisotopic (exact) mass is 289 g/mol. The van der Waals surface area contributed by atoms with E-state index >= 15 is 0 Å². The normalized spacial score (nSPS) is 12.5. The van der Waals surface area contributed by atoms with Gasteiger partial charge in [0.15, 0.2) is 0 Å². The number of unbranched alkanes of at least 4 members (excludes halogenated alkanes) is 7. The molecule has 0 aromatic heterocycles. The Morgan fingerprint density at radius 1 is 0.905 bits per heavy atom. The van der Waals surface area contributed by atoms with Crippen LogP contribution in [0.15, 0.2) is 24.3 Å². The number of nitrogens with two attached hydrogens (primary N) is 1.